The Morgan fingerprint density at radius 3 is 2.45 bits per heavy atom. The van der Waals surface area contributed by atoms with Gasteiger partial charge in [0, 0.05) is 57.1 Å². The zero-order valence-electron chi connectivity index (χ0n) is 28.3. The Kier molecular flexibility index (Phi) is 10.2. The summed E-state index contributed by atoms with van der Waals surface area (Å²) in [6.45, 7) is 0.912. The largest absolute Gasteiger partial charge is 0.493 e. The van der Waals surface area contributed by atoms with Crippen LogP contribution in [0.3, 0.4) is 0 Å². The molecule has 2 aliphatic heterocycles. The highest BCUT2D eigenvalue weighted by molar-refractivity contribution is 7.14. The van der Waals surface area contributed by atoms with Gasteiger partial charge in [0.05, 0.1) is 49.5 Å². The molecule has 4 amide bonds. The van der Waals surface area contributed by atoms with E-state index < -0.39 is 17.8 Å². The van der Waals surface area contributed by atoms with Crippen LogP contribution in [0.1, 0.15) is 67.5 Å². The second-order valence-electron chi connectivity index (χ2n) is 11.9. The van der Waals surface area contributed by atoms with Crippen molar-refractivity contribution < 1.29 is 38.2 Å². The van der Waals surface area contributed by atoms with Crippen molar-refractivity contribution >= 4 is 69.3 Å². The number of rotatable bonds is 12. The van der Waals surface area contributed by atoms with E-state index in [-0.39, 0.29) is 53.1 Å². The molecule has 0 saturated carbocycles. The lowest BCUT2D eigenvalue weighted by molar-refractivity contribution is -0.116. The lowest BCUT2D eigenvalue weighted by Gasteiger charge is -2.20. The number of hydrogen-bond donors (Lipinski definition) is 3. The van der Waals surface area contributed by atoms with Gasteiger partial charge in [-0.2, -0.15) is 0 Å². The average molecular weight is 717 g/mol. The molecule has 17 heteroatoms. The Morgan fingerprint density at radius 1 is 0.941 bits per heavy atom. The van der Waals surface area contributed by atoms with E-state index in [4.69, 9.17) is 14.2 Å². The summed E-state index contributed by atoms with van der Waals surface area (Å²) in [7, 11) is 6.08. The van der Waals surface area contributed by atoms with Crippen LogP contribution in [-0.4, -0.2) is 88.2 Å². The fraction of sp³-hybridized carbons (Fsp3) is 0.324. The number of nitrogens with zero attached hydrogens (tertiary/aromatic N) is 5. The van der Waals surface area contributed by atoms with Crippen molar-refractivity contribution in [2.24, 2.45) is 19.1 Å². The van der Waals surface area contributed by atoms with Gasteiger partial charge in [0.25, 0.3) is 17.7 Å². The highest BCUT2D eigenvalue weighted by atomic mass is 32.1. The van der Waals surface area contributed by atoms with Crippen LogP contribution in [0.5, 0.6) is 11.5 Å². The van der Waals surface area contributed by atoms with Gasteiger partial charge >= 0.3 is 5.97 Å². The van der Waals surface area contributed by atoms with Crippen LogP contribution in [0.2, 0.25) is 0 Å². The molecule has 0 bridgehead atoms. The minimum absolute atomic E-state index is 0.00680. The molecular formula is C34H36N8O8S. The van der Waals surface area contributed by atoms with Crippen molar-refractivity contribution in [3.63, 3.8) is 0 Å². The molecule has 4 aromatic rings. The number of aromatic nitrogens is 3. The van der Waals surface area contributed by atoms with Gasteiger partial charge < -0.3 is 38.9 Å². The maximum Gasteiger partial charge on any atom is 0.354 e. The second kappa shape index (κ2) is 14.9. The van der Waals surface area contributed by atoms with Gasteiger partial charge in [0.15, 0.2) is 16.6 Å². The minimum atomic E-state index is -0.541. The summed E-state index contributed by atoms with van der Waals surface area (Å²) >= 11 is 1.07. The van der Waals surface area contributed by atoms with Gasteiger partial charge in [-0.05, 0) is 37.5 Å². The van der Waals surface area contributed by atoms with Crippen molar-refractivity contribution in [3.05, 3.63) is 64.7 Å². The number of fused-ring (bicyclic) bond motifs is 2. The van der Waals surface area contributed by atoms with E-state index in [9.17, 15) is 24.0 Å². The van der Waals surface area contributed by atoms with Crippen LogP contribution in [0.15, 0.2) is 47.0 Å². The van der Waals surface area contributed by atoms with E-state index in [1.54, 1.807) is 43.2 Å². The monoisotopic (exact) mass is 716 g/mol. The SMILES string of the molecule is COC(=O)c1cc(NC(=O)c2csc(NC(=O)c3cc(NC(=O)CCCOc4cc5c(cc4OC)C(=O)N4CCC[C@H]4C=N5)cn3C)n2)cn1C. The molecule has 0 spiro atoms. The molecule has 1 aromatic carbocycles. The summed E-state index contributed by atoms with van der Waals surface area (Å²) in [6.07, 6.45) is 7.36. The van der Waals surface area contributed by atoms with E-state index >= 15 is 0 Å². The van der Waals surface area contributed by atoms with Crippen molar-refractivity contribution in [3.8, 4) is 11.5 Å². The summed E-state index contributed by atoms with van der Waals surface area (Å²) in [5, 5.41) is 9.83. The molecule has 1 atom stereocenters. The summed E-state index contributed by atoms with van der Waals surface area (Å²) in [6, 6.07) is 6.35. The molecular weight excluding hydrogens is 680 g/mol. The summed E-state index contributed by atoms with van der Waals surface area (Å²) in [5.74, 6) is -1.05. The number of amides is 4. The van der Waals surface area contributed by atoms with Crippen molar-refractivity contribution in [2.75, 3.05) is 43.3 Å². The summed E-state index contributed by atoms with van der Waals surface area (Å²) in [5.41, 5.74) is 2.39. The van der Waals surface area contributed by atoms with E-state index in [2.05, 4.69) is 25.9 Å². The van der Waals surface area contributed by atoms with E-state index in [1.807, 2.05) is 11.1 Å². The third kappa shape index (κ3) is 7.62. The minimum Gasteiger partial charge on any atom is -0.493 e. The lowest BCUT2D eigenvalue weighted by Crippen LogP contribution is -2.35. The molecule has 0 unspecified atom stereocenters. The molecule has 3 N–H and O–H groups in total. The quantitative estimate of drug-likeness (QED) is 0.142. The van der Waals surface area contributed by atoms with Crippen LogP contribution in [0.25, 0.3) is 0 Å². The Labute approximate surface area is 296 Å². The first kappa shape index (κ1) is 34.9. The molecule has 2 aliphatic rings. The molecule has 6 rings (SSSR count). The molecule has 5 heterocycles. The Balaban J connectivity index is 0.986. The van der Waals surface area contributed by atoms with Crippen LogP contribution in [0, 0.1) is 0 Å². The second-order valence-corrected chi connectivity index (χ2v) is 12.8. The zero-order chi connectivity index (χ0) is 36.2. The molecule has 16 nitrogen and oxygen atoms in total. The van der Waals surface area contributed by atoms with Gasteiger partial charge in [-0.1, -0.05) is 0 Å². The standard InChI is InChI=1S/C34H36N8O8S/c1-40-16-19(11-25(40)31(45)39-34-38-24(18-51-34)30(44)37-20-12-26(33(47)49-4)41(2)17-20)36-29(43)8-6-10-50-28-14-23-22(13-27(28)48-3)32(46)42-9-5-7-21(42)15-35-23/h11-18,21H,5-10H2,1-4H3,(H,36,43)(H,37,44)(H,38,39,45)/t21-/m0/s1. The number of aryl methyl sites for hydroxylation is 2. The number of carbonyl (C=O) groups is 5. The third-order valence-electron chi connectivity index (χ3n) is 8.40. The normalized spacial score (nSPS) is 14.7. The van der Waals surface area contributed by atoms with Gasteiger partial charge in [-0.15, -0.1) is 11.3 Å². The van der Waals surface area contributed by atoms with Crippen LogP contribution < -0.4 is 25.4 Å². The Morgan fingerprint density at radius 2 is 1.69 bits per heavy atom. The van der Waals surface area contributed by atoms with Gasteiger partial charge in [-0.3, -0.25) is 29.5 Å². The van der Waals surface area contributed by atoms with E-state index in [0.717, 1.165) is 24.2 Å². The number of esters is 1. The number of anilines is 3. The average Bonchev–Trinajstić information content (AvgIpc) is 3.91. The predicted octanol–water partition coefficient (Wildman–Crippen LogP) is 4.24. The first-order valence-electron chi connectivity index (χ1n) is 16.0. The maximum absolute atomic E-state index is 13.1. The Hall–Kier alpha value is -5.97. The fourth-order valence-electron chi connectivity index (χ4n) is 5.85. The zero-order valence-corrected chi connectivity index (χ0v) is 29.2. The maximum atomic E-state index is 13.1. The number of ether oxygens (including phenoxy) is 3. The third-order valence-corrected chi connectivity index (χ3v) is 9.16. The van der Waals surface area contributed by atoms with Crippen LogP contribution >= 0.6 is 11.3 Å². The molecule has 1 fully saturated rings. The fourth-order valence-corrected chi connectivity index (χ4v) is 6.54. The van der Waals surface area contributed by atoms with Crippen LogP contribution in [0.4, 0.5) is 22.2 Å². The molecule has 0 aliphatic carbocycles. The highest BCUT2D eigenvalue weighted by Crippen LogP contribution is 2.38. The van der Waals surface area contributed by atoms with Gasteiger partial charge in [0.2, 0.25) is 5.91 Å². The highest BCUT2D eigenvalue weighted by Gasteiger charge is 2.32. The molecule has 1 saturated heterocycles. The number of carbonyl (C=O) groups excluding carboxylic acids is 5. The van der Waals surface area contributed by atoms with Gasteiger partial charge in [0.1, 0.15) is 17.1 Å². The molecule has 0 radical (unpaired) electrons. The van der Waals surface area contributed by atoms with Crippen LogP contribution in [-0.2, 0) is 23.6 Å². The number of methoxy groups -OCH3 is 2. The van der Waals surface area contributed by atoms with Gasteiger partial charge in [-0.25, -0.2) is 9.78 Å². The number of benzene rings is 1. The molecule has 3 aromatic heterocycles. The number of nitrogens with one attached hydrogen (secondary N) is 3. The topological polar surface area (TPSA) is 187 Å². The van der Waals surface area contributed by atoms with Crippen molar-refractivity contribution in [1.29, 1.82) is 0 Å². The molecule has 266 valence electrons. The molecule has 51 heavy (non-hydrogen) atoms. The number of thiazole rings is 1. The first-order chi connectivity index (χ1) is 24.5. The van der Waals surface area contributed by atoms with E-state index in [0.29, 0.717) is 47.1 Å². The van der Waals surface area contributed by atoms with Crippen molar-refractivity contribution in [1.82, 2.24) is 19.0 Å². The lowest BCUT2D eigenvalue weighted by atomic mass is 10.1. The number of hydrogen-bond acceptors (Lipinski definition) is 11. The predicted molar refractivity (Wildman–Crippen MR) is 189 cm³/mol. The first-order valence-corrected chi connectivity index (χ1v) is 16.9. The summed E-state index contributed by atoms with van der Waals surface area (Å²) in [4.78, 5) is 74.0. The number of aliphatic imine (C=N–C) groups is 1. The summed E-state index contributed by atoms with van der Waals surface area (Å²) < 4.78 is 19.2. The smallest absolute Gasteiger partial charge is 0.354 e. The van der Waals surface area contributed by atoms with Crippen molar-refractivity contribution in [2.45, 2.75) is 31.7 Å². The van der Waals surface area contributed by atoms with E-state index in [1.165, 1.54) is 36.3 Å². The Bertz CT molecular complexity index is 2050.